The van der Waals surface area contributed by atoms with Gasteiger partial charge in [-0.1, -0.05) is 30.0 Å². The van der Waals surface area contributed by atoms with Crippen LogP contribution in [-0.2, 0) is 14.3 Å². The molecule has 3 rings (SSSR count). The van der Waals surface area contributed by atoms with Crippen molar-refractivity contribution in [1.82, 2.24) is 0 Å². The largest absolute Gasteiger partial charge is 0.449 e. The van der Waals surface area contributed by atoms with Crippen LogP contribution in [0.5, 0.6) is 0 Å². The van der Waals surface area contributed by atoms with Gasteiger partial charge in [-0.2, -0.15) is 0 Å². The summed E-state index contributed by atoms with van der Waals surface area (Å²) in [6.45, 7) is 0.677. The first-order chi connectivity index (χ1) is 7.84. The Morgan fingerprint density at radius 3 is 2.88 bits per heavy atom. The third-order valence-corrected chi connectivity index (χ3v) is 4.17. The normalized spacial score (nSPS) is 32.5. The fourth-order valence-electron chi connectivity index (χ4n) is 2.14. The summed E-state index contributed by atoms with van der Waals surface area (Å²) in [5.74, 6) is 0.0219. The highest BCUT2D eigenvalue weighted by molar-refractivity contribution is 7.99. The smallest absolute Gasteiger partial charge is 0.336 e. The molecule has 16 heavy (non-hydrogen) atoms. The standard InChI is InChI=1S/C12H12O3S/c13-11-10-9(6-7-14-10)12(15-11)16-8-4-2-1-3-5-8/h1-5,9-10,12H,6-7H2/t9-,10+,12+/m0/s1. The quantitative estimate of drug-likeness (QED) is 0.736. The zero-order chi connectivity index (χ0) is 11.0. The van der Waals surface area contributed by atoms with E-state index in [0.717, 1.165) is 11.3 Å². The number of cyclic esters (lactones) is 1. The Bertz CT molecular complexity index is 393. The second-order valence-electron chi connectivity index (χ2n) is 3.98. The molecule has 0 radical (unpaired) electrons. The Kier molecular flexibility index (Phi) is 2.61. The fraction of sp³-hybridized carbons (Fsp3) is 0.417. The minimum absolute atomic E-state index is 0.0811. The van der Waals surface area contributed by atoms with Crippen LogP contribution in [-0.4, -0.2) is 24.1 Å². The van der Waals surface area contributed by atoms with Crippen molar-refractivity contribution < 1.29 is 14.3 Å². The van der Waals surface area contributed by atoms with Gasteiger partial charge in [-0.3, -0.25) is 0 Å². The van der Waals surface area contributed by atoms with Crippen molar-refractivity contribution in [2.24, 2.45) is 5.92 Å². The number of thioether (sulfide) groups is 1. The summed E-state index contributed by atoms with van der Waals surface area (Å²) in [4.78, 5) is 12.6. The molecule has 3 nitrogen and oxygen atoms in total. The van der Waals surface area contributed by atoms with Crippen molar-refractivity contribution in [3.63, 3.8) is 0 Å². The van der Waals surface area contributed by atoms with E-state index in [0.29, 0.717) is 6.61 Å². The molecule has 84 valence electrons. The van der Waals surface area contributed by atoms with Crippen LogP contribution >= 0.6 is 11.8 Å². The van der Waals surface area contributed by atoms with Gasteiger partial charge in [0.1, 0.15) is 0 Å². The number of rotatable bonds is 2. The van der Waals surface area contributed by atoms with E-state index in [-0.39, 0.29) is 23.4 Å². The lowest BCUT2D eigenvalue weighted by Crippen LogP contribution is -2.19. The van der Waals surface area contributed by atoms with Crippen LogP contribution < -0.4 is 0 Å². The zero-order valence-electron chi connectivity index (χ0n) is 8.67. The number of fused-ring (bicyclic) bond motifs is 1. The molecule has 0 amide bonds. The Hall–Kier alpha value is -1.00. The van der Waals surface area contributed by atoms with Crippen LogP contribution in [0.25, 0.3) is 0 Å². The van der Waals surface area contributed by atoms with Gasteiger partial charge in [0.25, 0.3) is 0 Å². The number of ether oxygens (including phenoxy) is 2. The lowest BCUT2D eigenvalue weighted by Gasteiger charge is -2.13. The molecule has 3 atom stereocenters. The predicted molar refractivity (Wildman–Crippen MR) is 60.0 cm³/mol. The average molecular weight is 236 g/mol. The van der Waals surface area contributed by atoms with E-state index < -0.39 is 0 Å². The van der Waals surface area contributed by atoms with Gasteiger partial charge >= 0.3 is 5.97 Å². The van der Waals surface area contributed by atoms with Gasteiger partial charge in [-0.05, 0) is 18.6 Å². The Labute approximate surface area is 98.1 Å². The molecule has 2 aliphatic heterocycles. The van der Waals surface area contributed by atoms with E-state index in [1.54, 1.807) is 11.8 Å². The van der Waals surface area contributed by atoms with Crippen molar-refractivity contribution in [3.8, 4) is 0 Å². The molecule has 1 aromatic carbocycles. The Balaban J connectivity index is 1.74. The Morgan fingerprint density at radius 2 is 2.06 bits per heavy atom. The molecule has 1 aromatic rings. The lowest BCUT2D eigenvalue weighted by atomic mass is 10.1. The van der Waals surface area contributed by atoms with Gasteiger partial charge in [0.2, 0.25) is 0 Å². The van der Waals surface area contributed by atoms with Crippen LogP contribution in [0, 0.1) is 5.92 Å². The number of hydrogen-bond acceptors (Lipinski definition) is 4. The molecule has 2 aliphatic rings. The summed E-state index contributed by atoms with van der Waals surface area (Å²) in [5.41, 5.74) is -0.0811. The topological polar surface area (TPSA) is 35.5 Å². The molecule has 0 aliphatic carbocycles. The van der Waals surface area contributed by atoms with E-state index in [2.05, 4.69) is 0 Å². The molecule has 2 saturated heterocycles. The predicted octanol–water partition coefficient (Wildman–Crippen LogP) is 2.07. The van der Waals surface area contributed by atoms with Gasteiger partial charge in [0.05, 0.1) is 0 Å². The first-order valence-electron chi connectivity index (χ1n) is 5.38. The molecule has 0 unspecified atom stereocenters. The molecule has 0 bridgehead atoms. The van der Waals surface area contributed by atoms with E-state index >= 15 is 0 Å². The summed E-state index contributed by atoms with van der Waals surface area (Å²) < 4.78 is 10.7. The van der Waals surface area contributed by atoms with Crippen molar-refractivity contribution >= 4 is 17.7 Å². The first kappa shape index (κ1) is 10.2. The van der Waals surface area contributed by atoms with Crippen molar-refractivity contribution in [1.29, 1.82) is 0 Å². The third-order valence-electron chi connectivity index (χ3n) is 2.95. The lowest BCUT2D eigenvalue weighted by molar-refractivity contribution is -0.147. The van der Waals surface area contributed by atoms with Gasteiger partial charge < -0.3 is 9.47 Å². The average Bonchev–Trinajstić information content (AvgIpc) is 2.87. The molecule has 2 heterocycles. The van der Waals surface area contributed by atoms with Crippen molar-refractivity contribution in [3.05, 3.63) is 30.3 Å². The summed E-state index contributed by atoms with van der Waals surface area (Å²) in [5, 5.41) is 0. The van der Waals surface area contributed by atoms with Crippen molar-refractivity contribution in [2.45, 2.75) is 22.9 Å². The molecule has 2 fully saturated rings. The summed E-state index contributed by atoms with van der Waals surface area (Å²) in [7, 11) is 0. The summed E-state index contributed by atoms with van der Waals surface area (Å²) in [6.07, 6.45) is 0.599. The van der Waals surface area contributed by atoms with Crippen LogP contribution in [0.15, 0.2) is 35.2 Å². The van der Waals surface area contributed by atoms with E-state index in [1.807, 2.05) is 30.3 Å². The maximum absolute atomic E-state index is 11.5. The number of carbonyl (C=O) groups is 1. The molecular weight excluding hydrogens is 224 g/mol. The monoisotopic (exact) mass is 236 g/mol. The summed E-state index contributed by atoms with van der Waals surface area (Å²) >= 11 is 1.61. The molecule has 0 N–H and O–H groups in total. The van der Waals surface area contributed by atoms with E-state index in [1.165, 1.54) is 0 Å². The number of esters is 1. The van der Waals surface area contributed by atoms with E-state index in [9.17, 15) is 4.79 Å². The second kappa shape index (κ2) is 4.11. The SMILES string of the molecule is O=C1O[C@H](Sc2ccccc2)[C@H]2CCO[C@@H]12. The molecular formula is C12H12O3S. The third kappa shape index (κ3) is 1.72. The van der Waals surface area contributed by atoms with Crippen LogP contribution in [0.4, 0.5) is 0 Å². The second-order valence-corrected chi connectivity index (χ2v) is 5.15. The maximum Gasteiger partial charge on any atom is 0.336 e. The van der Waals surface area contributed by atoms with Gasteiger partial charge in [-0.25, -0.2) is 4.79 Å². The Morgan fingerprint density at radius 1 is 1.25 bits per heavy atom. The zero-order valence-corrected chi connectivity index (χ0v) is 9.48. The molecule has 0 aromatic heterocycles. The molecule has 0 spiro atoms. The van der Waals surface area contributed by atoms with E-state index in [4.69, 9.17) is 9.47 Å². The highest BCUT2D eigenvalue weighted by Gasteiger charge is 2.48. The van der Waals surface area contributed by atoms with Crippen molar-refractivity contribution in [2.75, 3.05) is 6.61 Å². The highest BCUT2D eigenvalue weighted by atomic mass is 32.2. The van der Waals surface area contributed by atoms with Crippen LogP contribution in [0.2, 0.25) is 0 Å². The molecule has 4 heteroatoms. The van der Waals surface area contributed by atoms with Gasteiger partial charge in [0, 0.05) is 17.4 Å². The van der Waals surface area contributed by atoms with Gasteiger partial charge in [0.15, 0.2) is 11.5 Å². The van der Waals surface area contributed by atoms with Crippen LogP contribution in [0.1, 0.15) is 6.42 Å². The molecule has 0 saturated carbocycles. The maximum atomic E-state index is 11.5. The first-order valence-corrected chi connectivity index (χ1v) is 6.26. The van der Waals surface area contributed by atoms with Crippen LogP contribution in [0.3, 0.4) is 0 Å². The van der Waals surface area contributed by atoms with Gasteiger partial charge in [-0.15, -0.1) is 0 Å². The minimum atomic E-state index is -0.318. The number of hydrogen-bond donors (Lipinski definition) is 0. The number of carbonyl (C=O) groups excluding carboxylic acids is 1. The summed E-state index contributed by atoms with van der Waals surface area (Å²) in [6, 6.07) is 10.0. The minimum Gasteiger partial charge on any atom is -0.449 e. The fourth-order valence-corrected chi connectivity index (χ4v) is 3.32. The number of benzene rings is 1. The highest BCUT2D eigenvalue weighted by Crippen LogP contribution is 2.41.